The van der Waals surface area contributed by atoms with Crippen molar-refractivity contribution in [3.63, 3.8) is 0 Å². The Balaban J connectivity index is 1.89. The number of benzene rings is 2. The molecule has 0 N–H and O–H groups in total. The second-order valence-corrected chi connectivity index (χ2v) is 9.42. The van der Waals surface area contributed by atoms with E-state index in [0.29, 0.717) is 10.8 Å². The van der Waals surface area contributed by atoms with E-state index in [9.17, 15) is 8.42 Å². The molecule has 2 aromatic rings. The highest BCUT2D eigenvalue weighted by Gasteiger charge is 2.35. The Kier molecular flexibility index (Phi) is 4.68. The second kappa shape index (κ2) is 7.01. The van der Waals surface area contributed by atoms with Gasteiger partial charge in [0.2, 0.25) is 0 Å². The van der Waals surface area contributed by atoms with Crippen molar-refractivity contribution in [3.05, 3.63) is 89.1 Å². The quantitative estimate of drug-likeness (QED) is 0.672. The molecule has 1 heterocycles. The van der Waals surface area contributed by atoms with Gasteiger partial charge in [-0.05, 0) is 67.9 Å². The van der Waals surface area contributed by atoms with Gasteiger partial charge >= 0.3 is 0 Å². The SMILES string of the molecule is CC1=C[C@@H]2CCCC2=CN(S(=O)(=O)c2ccc(C)cc2)[C@@H]1c1ccccc1. The van der Waals surface area contributed by atoms with Gasteiger partial charge in [0.05, 0.1) is 10.9 Å². The molecule has 0 spiro atoms. The molecule has 0 amide bonds. The van der Waals surface area contributed by atoms with Crippen LogP contribution >= 0.6 is 0 Å². The molecule has 1 saturated carbocycles. The van der Waals surface area contributed by atoms with Crippen molar-refractivity contribution in [1.29, 1.82) is 0 Å². The number of sulfonamides is 1. The summed E-state index contributed by atoms with van der Waals surface area (Å²) in [6.45, 7) is 4.03. The van der Waals surface area contributed by atoms with Crippen molar-refractivity contribution in [1.82, 2.24) is 4.31 Å². The van der Waals surface area contributed by atoms with Gasteiger partial charge in [0.15, 0.2) is 0 Å². The van der Waals surface area contributed by atoms with Crippen molar-refractivity contribution in [2.45, 2.75) is 44.0 Å². The Bertz CT molecular complexity index is 988. The molecule has 27 heavy (non-hydrogen) atoms. The summed E-state index contributed by atoms with van der Waals surface area (Å²) in [5, 5.41) is 0. The number of hydrogen-bond donors (Lipinski definition) is 0. The van der Waals surface area contributed by atoms with Crippen LogP contribution in [-0.2, 0) is 10.0 Å². The molecule has 0 radical (unpaired) electrons. The fourth-order valence-corrected chi connectivity index (χ4v) is 5.74. The zero-order valence-electron chi connectivity index (χ0n) is 15.8. The zero-order chi connectivity index (χ0) is 19.0. The monoisotopic (exact) mass is 379 g/mol. The van der Waals surface area contributed by atoms with Gasteiger partial charge in [-0.3, -0.25) is 4.31 Å². The molecule has 0 saturated heterocycles. The van der Waals surface area contributed by atoms with E-state index in [1.807, 2.05) is 55.6 Å². The lowest BCUT2D eigenvalue weighted by atomic mass is 9.96. The van der Waals surface area contributed by atoms with Gasteiger partial charge in [-0.2, -0.15) is 0 Å². The number of aryl methyl sites for hydroxylation is 1. The number of rotatable bonds is 3. The molecule has 3 nitrogen and oxygen atoms in total. The summed E-state index contributed by atoms with van der Waals surface area (Å²) in [5.74, 6) is 0.356. The summed E-state index contributed by atoms with van der Waals surface area (Å²) in [4.78, 5) is 0.343. The van der Waals surface area contributed by atoms with Gasteiger partial charge < -0.3 is 0 Å². The van der Waals surface area contributed by atoms with E-state index in [1.54, 1.807) is 16.4 Å². The highest BCUT2D eigenvalue weighted by Crippen LogP contribution is 2.42. The lowest BCUT2D eigenvalue weighted by molar-refractivity contribution is 0.444. The summed E-state index contributed by atoms with van der Waals surface area (Å²) in [7, 11) is -3.65. The topological polar surface area (TPSA) is 37.4 Å². The van der Waals surface area contributed by atoms with Crippen LogP contribution in [0.1, 0.15) is 43.4 Å². The Morgan fingerprint density at radius 2 is 1.67 bits per heavy atom. The summed E-state index contributed by atoms with van der Waals surface area (Å²) in [6, 6.07) is 16.8. The first kappa shape index (κ1) is 18.1. The molecule has 2 aliphatic rings. The van der Waals surface area contributed by atoms with Crippen molar-refractivity contribution in [2.75, 3.05) is 0 Å². The molecule has 4 heteroatoms. The first-order valence-electron chi connectivity index (χ1n) is 9.51. The molecule has 4 rings (SSSR count). The third-order valence-corrected chi connectivity index (χ3v) is 7.35. The lowest BCUT2D eigenvalue weighted by Gasteiger charge is -2.31. The Labute approximate surface area is 162 Å². The highest BCUT2D eigenvalue weighted by molar-refractivity contribution is 7.89. The molecule has 140 valence electrons. The van der Waals surface area contributed by atoms with E-state index in [1.165, 1.54) is 5.57 Å². The smallest absolute Gasteiger partial charge is 0.262 e. The third kappa shape index (κ3) is 3.34. The van der Waals surface area contributed by atoms with Crippen LogP contribution in [0.15, 0.2) is 82.9 Å². The van der Waals surface area contributed by atoms with E-state index in [-0.39, 0.29) is 6.04 Å². The van der Waals surface area contributed by atoms with Crippen molar-refractivity contribution in [3.8, 4) is 0 Å². The predicted octanol–water partition coefficient (Wildman–Crippen LogP) is 5.37. The van der Waals surface area contributed by atoms with Crippen LogP contribution in [0.4, 0.5) is 0 Å². The van der Waals surface area contributed by atoms with E-state index in [2.05, 4.69) is 13.0 Å². The number of nitrogens with zero attached hydrogens (tertiary/aromatic N) is 1. The van der Waals surface area contributed by atoms with Gasteiger partial charge in [0.1, 0.15) is 0 Å². The maximum atomic E-state index is 13.6. The van der Waals surface area contributed by atoms with Gasteiger partial charge in [0, 0.05) is 6.20 Å². The molecule has 1 aliphatic heterocycles. The standard InChI is InChI=1S/C23H25NO2S/c1-17-11-13-22(14-12-17)27(25,26)24-16-21-10-6-9-20(21)15-18(2)23(24)19-7-4-3-5-8-19/h3-5,7-8,11-16,20,23H,6,9-10H2,1-2H3/t20-,23-/m0/s1. The van der Waals surface area contributed by atoms with Gasteiger partial charge in [-0.15, -0.1) is 0 Å². The maximum Gasteiger partial charge on any atom is 0.264 e. The van der Waals surface area contributed by atoms with E-state index < -0.39 is 10.0 Å². The Morgan fingerprint density at radius 1 is 0.963 bits per heavy atom. The van der Waals surface area contributed by atoms with Gasteiger partial charge in [0.25, 0.3) is 10.0 Å². The number of fused-ring (bicyclic) bond motifs is 1. The average Bonchev–Trinajstić information content (AvgIpc) is 3.03. The van der Waals surface area contributed by atoms with Crippen molar-refractivity contribution < 1.29 is 8.42 Å². The van der Waals surface area contributed by atoms with E-state index >= 15 is 0 Å². The lowest BCUT2D eigenvalue weighted by Crippen LogP contribution is -2.31. The molecule has 1 fully saturated rings. The van der Waals surface area contributed by atoms with Crippen LogP contribution in [-0.4, -0.2) is 12.7 Å². The summed E-state index contributed by atoms with van der Waals surface area (Å²) in [6.07, 6.45) is 7.38. The zero-order valence-corrected chi connectivity index (χ0v) is 16.6. The maximum absolute atomic E-state index is 13.6. The van der Waals surface area contributed by atoms with Gasteiger partial charge in [-0.25, -0.2) is 8.42 Å². The van der Waals surface area contributed by atoms with Crippen LogP contribution in [0.5, 0.6) is 0 Å². The first-order chi connectivity index (χ1) is 13.0. The highest BCUT2D eigenvalue weighted by atomic mass is 32.2. The Morgan fingerprint density at radius 3 is 2.37 bits per heavy atom. The molecule has 1 aliphatic carbocycles. The minimum absolute atomic E-state index is 0.310. The summed E-state index contributed by atoms with van der Waals surface area (Å²) >= 11 is 0. The van der Waals surface area contributed by atoms with Crippen molar-refractivity contribution in [2.24, 2.45) is 5.92 Å². The number of allylic oxidation sites excluding steroid dienone is 2. The molecule has 2 aromatic carbocycles. The summed E-state index contributed by atoms with van der Waals surface area (Å²) in [5.41, 5.74) is 4.37. The summed E-state index contributed by atoms with van der Waals surface area (Å²) < 4.78 is 28.8. The number of hydrogen-bond acceptors (Lipinski definition) is 2. The van der Waals surface area contributed by atoms with Crippen LogP contribution < -0.4 is 0 Å². The van der Waals surface area contributed by atoms with Crippen LogP contribution in [0.3, 0.4) is 0 Å². The van der Waals surface area contributed by atoms with Crippen LogP contribution in [0.2, 0.25) is 0 Å². The second-order valence-electron chi connectivity index (χ2n) is 7.57. The predicted molar refractivity (Wildman–Crippen MR) is 109 cm³/mol. The normalized spacial score (nSPS) is 22.7. The van der Waals surface area contributed by atoms with Crippen molar-refractivity contribution >= 4 is 10.0 Å². The average molecular weight is 380 g/mol. The molecule has 0 unspecified atom stereocenters. The molecule has 0 bridgehead atoms. The molecule has 2 atom stereocenters. The Hall–Kier alpha value is -2.33. The van der Waals surface area contributed by atoms with Crippen LogP contribution in [0, 0.1) is 12.8 Å². The fourth-order valence-electron chi connectivity index (χ4n) is 4.18. The fraction of sp³-hybridized carbons (Fsp3) is 0.304. The third-order valence-electron chi connectivity index (χ3n) is 5.61. The van der Waals surface area contributed by atoms with E-state index in [4.69, 9.17) is 0 Å². The first-order valence-corrected chi connectivity index (χ1v) is 10.9. The molecular formula is C23H25NO2S. The van der Waals surface area contributed by atoms with Crippen LogP contribution in [0.25, 0.3) is 0 Å². The molecular weight excluding hydrogens is 354 g/mol. The largest absolute Gasteiger partial charge is 0.264 e. The van der Waals surface area contributed by atoms with Gasteiger partial charge in [-0.1, -0.05) is 54.1 Å². The van der Waals surface area contributed by atoms with E-state index in [0.717, 1.165) is 36.0 Å². The molecule has 0 aromatic heterocycles. The minimum Gasteiger partial charge on any atom is -0.262 e. The minimum atomic E-state index is -3.65.